The van der Waals surface area contributed by atoms with E-state index in [2.05, 4.69) is 37.8 Å². The van der Waals surface area contributed by atoms with Crippen molar-refractivity contribution < 1.29 is 6.03 Å². The van der Waals surface area contributed by atoms with Gasteiger partial charge in [-0.2, -0.15) is 0 Å². The van der Waals surface area contributed by atoms with Crippen molar-refractivity contribution >= 4 is 34.5 Å². The molecule has 2 aliphatic heterocycles. The first-order valence-corrected chi connectivity index (χ1v) is 18.2. The van der Waals surface area contributed by atoms with Gasteiger partial charge in [0.25, 0.3) is 0 Å². The molecule has 0 saturated heterocycles. The molecule has 0 saturated carbocycles. The molecule has 1 radical (unpaired) electrons. The standard InChI is InChI=1S/C6H15N.2C6H6OS.Sb/c1-4-7(5-2)6-3;2*7-5-3-1-2-4-6(5)8;/h4-6H2,1-3H3;2*1-4,7-8H;/q;;;+4/p-4. The second-order valence-electron chi connectivity index (χ2n) is 5.33. The molecule has 2 heterocycles. The Morgan fingerprint density at radius 2 is 1.17 bits per heavy atom. The summed E-state index contributed by atoms with van der Waals surface area (Å²) in [7, 11) is 3.64. The van der Waals surface area contributed by atoms with Gasteiger partial charge in [0.05, 0.1) is 0 Å². The van der Waals surface area contributed by atoms with Crippen molar-refractivity contribution in [2.45, 2.75) is 30.6 Å². The van der Waals surface area contributed by atoms with Gasteiger partial charge in [-0.3, -0.25) is 0 Å². The third kappa shape index (κ3) is 4.01. The minimum absolute atomic E-state index is 0.990. The average Bonchev–Trinajstić information content (AvgIpc) is 3.15. The summed E-state index contributed by atoms with van der Waals surface area (Å²) in [6.07, 6.45) is 0. The zero-order valence-electron chi connectivity index (χ0n) is 14.3. The van der Waals surface area contributed by atoms with Crippen molar-refractivity contribution in [2.24, 2.45) is 0 Å². The molecule has 2 aromatic rings. The predicted molar refractivity (Wildman–Crippen MR) is 105 cm³/mol. The van der Waals surface area contributed by atoms with Crippen molar-refractivity contribution in [3.63, 3.8) is 0 Å². The third-order valence-corrected chi connectivity index (χ3v) is 20.0. The molecule has 24 heavy (non-hydrogen) atoms. The monoisotopic (exact) mass is 470 g/mol. The molecule has 129 valence electrons. The number of rotatable bonds is 3. The van der Waals surface area contributed by atoms with Gasteiger partial charge in [-0.05, 0) is 19.6 Å². The molecular weight excluding hydrogens is 448 g/mol. The molecule has 1 spiro atoms. The van der Waals surface area contributed by atoms with E-state index in [9.17, 15) is 0 Å². The first-order valence-electron chi connectivity index (χ1n) is 8.27. The second-order valence-corrected chi connectivity index (χ2v) is 21.3. The van der Waals surface area contributed by atoms with E-state index in [4.69, 9.17) is 6.03 Å². The molecule has 2 aliphatic rings. The summed E-state index contributed by atoms with van der Waals surface area (Å²) in [6, 6.07) is 16.4. The van der Waals surface area contributed by atoms with Crippen LogP contribution >= 0.6 is 17.7 Å². The average molecular weight is 471 g/mol. The van der Waals surface area contributed by atoms with Crippen LogP contribution in [0.1, 0.15) is 20.8 Å². The van der Waals surface area contributed by atoms with Crippen molar-refractivity contribution in [2.75, 3.05) is 19.6 Å². The van der Waals surface area contributed by atoms with Crippen LogP contribution in [0, 0.1) is 0 Å². The Hall–Kier alpha value is -0.482. The maximum absolute atomic E-state index is 6.14. The van der Waals surface area contributed by atoms with Crippen LogP contribution in [0.25, 0.3) is 0 Å². The SMILES string of the molecule is CCN(CC)CC.c1ccc2c(c1)[O][Sb]1([O]c3ccccc3[S]1)[S]2. The molecule has 0 bridgehead atoms. The molecule has 0 aromatic heterocycles. The van der Waals surface area contributed by atoms with Gasteiger partial charge in [0.15, 0.2) is 0 Å². The Kier molecular flexibility index (Phi) is 6.31. The number of nitrogens with zero attached hydrogens (tertiary/aromatic N) is 1. The van der Waals surface area contributed by atoms with Gasteiger partial charge in [-0.15, -0.1) is 0 Å². The number of hydrogen-bond donors (Lipinski definition) is 0. The quantitative estimate of drug-likeness (QED) is 0.577. The molecule has 3 nitrogen and oxygen atoms in total. The van der Waals surface area contributed by atoms with Crippen LogP contribution in [0.2, 0.25) is 0 Å². The topological polar surface area (TPSA) is 21.7 Å². The minimum atomic E-state index is -2.94. The van der Waals surface area contributed by atoms with Crippen LogP contribution in [0.15, 0.2) is 58.3 Å². The van der Waals surface area contributed by atoms with Gasteiger partial charge in [-0.1, -0.05) is 20.8 Å². The van der Waals surface area contributed by atoms with E-state index >= 15 is 0 Å². The van der Waals surface area contributed by atoms with Crippen LogP contribution in [0.4, 0.5) is 0 Å². The van der Waals surface area contributed by atoms with Crippen LogP contribution in [-0.4, -0.2) is 41.4 Å². The first-order chi connectivity index (χ1) is 11.7. The third-order valence-electron chi connectivity index (χ3n) is 3.88. The van der Waals surface area contributed by atoms with Crippen molar-refractivity contribution in [1.82, 2.24) is 4.90 Å². The van der Waals surface area contributed by atoms with Gasteiger partial charge in [-0.25, -0.2) is 0 Å². The summed E-state index contributed by atoms with van der Waals surface area (Å²) >= 11 is -2.94. The number of para-hydroxylation sites is 2. The van der Waals surface area contributed by atoms with E-state index in [-0.39, 0.29) is 0 Å². The van der Waals surface area contributed by atoms with Gasteiger partial charge < -0.3 is 4.90 Å². The Bertz CT molecular complexity index is 582. The summed E-state index contributed by atoms with van der Waals surface area (Å²) in [6.45, 7) is 10.1. The summed E-state index contributed by atoms with van der Waals surface area (Å²) in [5.74, 6) is 1.98. The zero-order chi connectivity index (χ0) is 17.0. The Morgan fingerprint density at radius 1 is 0.750 bits per heavy atom. The first kappa shape index (κ1) is 18.3. The normalized spacial score (nSPS) is 16.0. The molecule has 4 rings (SSSR count). The van der Waals surface area contributed by atoms with Gasteiger partial charge in [0, 0.05) is 0 Å². The fourth-order valence-corrected chi connectivity index (χ4v) is 21.0. The summed E-state index contributed by atoms with van der Waals surface area (Å²) in [5.41, 5.74) is 0. The predicted octanol–water partition coefficient (Wildman–Crippen LogP) is 5.14. The van der Waals surface area contributed by atoms with E-state index < -0.39 is 16.8 Å². The maximum atomic E-state index is 6.14. The van der Waals surface area contributed by atoms with Crippen LogP contribution < -0.4 is 6.03 Å². The molecule has 0 atom stereocenters. The molecule has 0 unspecified atom stereocenters. The van der Waals surface area contributed by atoms with E-state index in [1.807, 2.05) is 54.1 Å². The molecule has 0 fully saturated rings. The van der Waals surface area contributed by atoms with Gasteiger partial charge in [0.2, 0.25) is 0 Å². The Balaban J connectivity index is 0.000000209. The van der Waals surface area contributed by atoms with Crippen LogP contribution in [0.3, 0.4) is 0 Å². The molecule has 6 heteroatoms. The fourth-order valence-electron chi connectivity index (χ4n) is 2.47. The summed E-state index contributed by atoms with van der Waals surface area (Å²) in [5, 5.41) is 0. The van der Waals surface area contributed by atoms with E-state index in [1.165, 1.54) is 29.4 Å². The Labute approximate surface area is 155 Å². The van der Waals surface area contributed by atoms with Crippen molar-refractivity contribution in [1.29, 1.82) is 0 Å². The number of fused-ring (bicyclic) bond motifs is 2. The molecular formula is C18H23NO2S2Sb. The molecule has 2 aromatic carbocycles. The zero-order valence-corrected chi connectivity index (χ0v) is 18.5. The molecule has 0 aliphatic carbocycles. The van der Waals surface area contributed by atoms with Gasteiger partial charge >= 0.3 is 110 Å². The summed E-state index contributed by atoms with van der Waals surface area (Å²) in [4.78, 5) is 4.82. The second kappa shape index (κ2) is 8.27. The van der Waals surface area contributed by atoms with Crippen LogP contribution in [-0.2, 0) is 0 Å². The van der Waals surface area contributed by atoms with E-state index in [0.29, 0.717) is 0 Å². The fraction of sp³-hybridized carbons (Fsp3) is 0.333. The molecule has 0 amide bonds. The van der Waals surface area contributed by atoms with Gasteiger partial charge in [0.1, 0.15) is 0 Å². The van der Waals surface area contributed by atoms with Crippen molar-refractivity contribution in [3.8, 4) is 11.5 Å². The van der Waals surface area contributed by atoms with E-state index in [1.54, 1.807) is 0 Å². The van der Waals surface area contributed by atoms with Crippen LogP contribution in [0.5, 0.6) is 11.5 Å². The van der Waals surface area contributed by atoms with E-state index in [0.717, 1.165) is 11.5 Å². The Morgan fingerprint density at radius 3 is 1.50 bits per heavy atom. The molecule has 0 N–H and O–H groups in total. The van der Waals surface area contributed by atoms with Crippen molar-refractivity contribution in [3.05, 3.63) is 48.5 Å². The number of benzene rings is 2. The summed E-state index contributed by atoms with van der Waals surface area (Å²) < 4.78 is 12.3. The number of hydrogen-bond acceptors (Lipinski definition) is 5.